The molecule has 1 aromatic carbocycles. The number of nitrogens with two attached hydrogens (primary N) is 2. The van der Waals surface area contributed by atoms with Gasteiger partial charge >= 0.3 is 0 Å². The van der Waals surface area contributed by atoms with Gasteiger partial charge in [-0.2, -0.15) is 0 Å². The lowest BCUT2D eigenvalue weighted by Crippen LogP contribution is -2.12. The van der Waals surface area contributed by atoms with Crippen molar-refractivity contribution in [2.24, 2.45) is 0 Å². The highest BCUT2D eigenvalue weighted by Gasteiger charge is 2.10. The number of carbonyl (C=O) groups is 1. The predicted octanol–water partition coefficient (Wildman–Crippen LogP) is 2.89. The summed E-state index contributed by atoms with van der Waals surface area (Å²) in [4.78, 5) is 24.7. The maximum absolute atomic E-state index is 12.1. The number of thioether (sulfide) groups is 1. The molecule has 3 aromatic rings. The number of nitrogens with one attached hydrogen (secondary N) is 1. The van der Waals surface area contributed by atoms with E-state index in [1.165, 1.54) is 29.2 Å². The number of thiazole rings is 1. The number of hydrogen-bond acceptors (Lipinski definition) is 9. The number of amides is 1. The Morgan fingerprint density at radius 2 is 2.00 bits per heavy atom. The molecule has 27 heavy (non-hydrogen) atoms. The van der Waals surface area contributed by atoms with E-state index in [0.29, 0.717) is 27.7 Å². The molecule has 0 aliphatic carbocycles. The van der Waals surface area contributed by atoms with Crippen molar-refractivity contribution in [1.29, 1.82) is 0 Å². The van der Waals surface area contributed by atoms with Gasteiger partial charge in [0, 0.05) is 29.2 Å². The Balaban J connectivity index is 1.53. The Labute approximate surface area is 164 Å². The largest absolute Gasteiger partial charge is 0.497 e. The zero-order valence-electron chi connectivity index (χ0n) is 14.5. The molecule has 0 saturated heterocycles. The minimum Gasteiger partial charge on any atom is -0.497 e. The number of ether oxygens (including phenoxy) is 1. The fourth-order valence-corrected chi connectivity index (χ4v) is 3.74. The summed E-state index contributed by atoms with van der Waals surface area (Å²) in [6, 6.07) is 9.09. The van der Waals surface area contributed by atoms with Crippen LogP contribution in [0, 0.1) is 0 Å². The van der Waals surface area contributed by atoms with Gasteiger partial charge in [-0.25, -0.2) is 15.0 Å². The van der Waals surface area contributed by atoms with Crippen LogP contribution in [0.4, 0.5) is 16.8 Å². The van der Waals surface area contributed by atoms with E-state index in [4.69, 9.17) is 16.2 Å². The maximum atomic E-state index is 12.1. The van der Waals surface area contributed by atoms with E-state index < -0.39 is 0 Å². The summed E-state index contributed by atoms with van der Waals surface area (Å²) in [6.07, 6.45) is 0.288. The zero-order valence-corrected chi connectivity index (χ0v) is 16.1. The molecule has 8 nitrogen and oxygen atoms in total. The standard InChI is InChI=1S/C17H18N6O2S2/c1-25-11-4-2-3-10(7-11)12-9-27-16(20-12)23-15(24)5-6-26-17-21-13(18)8-14(19)22-17/h2-4,7-9H,5-6H2,1H3,(H,20,23,24)(H4,18,19,21,22). The molecular weight excluding hydrogens is 384 g/mol. The first-order valence-corrected chi connectivity index (χ1v) is 9.82. The third-order valence-electron chi connectivity index (χ3n) is 3.42. The van der Waals surface area contributed by atoms with E-state index in [-0.39, 0.29) is 12.3 Å². The molecule has 1 amide bonds. The number of nitrogen functional groups attached to an aromatic ring is 2. The van der Waals surface area contributed by atoms with Crippen LogP contribution in [-0.4, -0.2) is 33.7 Å². The summed E-state index contributed by atoms with van der Waals surface area (Å²) in [5.41, 5.74) is 13.0. The first-order valence-electron chi connectivity index (χ1n) is 7.96. The lowest BCUT2D eigenvalue weighted by atomic mass is 10.2. The quantitative estimate of drug-likeness (QED) is 0.406. The molecule has 0 aliphatic heterocycles. The molecule has 0 saturated carbocycles. The van der Waals surface area contributed by atoms with Gasteiger partial charge < -0.3 is 21.5 Å². The van der Waals surface area contributed by atoms with Crippen LogP contribution >= 0.6 is 23.1 Å². The predicted molar refractivity (Wildman–Crippen MR) is 109 cm³/mol. The van der Waals surface area contributed by atoms with Crippen LogP contribution in [0.3, 0.4) is 0 Å². The monoisotopic (exact) mass is 402 g/mol. The second kappa shape index (κ2) is 8.69. The van der Waals surface area contributed by atoms with Crippen LogP contribution in [0.15, 0.2) is 40.9 Å². The van der Waals surface area contributed by atoms with E-state index in [2.05, 4.69) is 20.3 Å². The van der Waals surface area contributed by atoms with Crippen LogP contribution in [0.2, 0.25) is 0 Å². The lowest BCUT2D eigenvalue weighted by Gasteiger charge is -2.03. The number of anilines is 3. The van der Waals surface area contributed by atoms with E-state index in [1.807, 2.05) is 29.6 Å². The number of hydrogen-bond donors (Lipinski definition) is 3. The molecule has 0 fully saturated rings. The SMILES string of the molecule is COc1cccc(-c2csc(NC(=O)CCSc3nc(N)cc(N)n3)n2)c1. The van der Waals surface area contributed by atoms with Crippen LogP contribution in [0.25, 0.3) is 11.3 Å². The highest BCUT2D eigenvalue weighted by Crippen LogP contribution is 2.27. The van der Waals surface area contributed by atoms with E-state index in [1.54, 1.807) is 7.11 Å². The van der Waals surface area contributed by atoms with Gasteiger partial charge in [-0.1, -0.05) is 23.9 Å². The number of rotatable bonds is 7. The Bertz CT molecular complexity index is 926. The van der Waals surface area contributed by atoms with Crippen molar-refractivity contribution >= 4 is 45.8 Å². The highest BCUT2D eigenvalue weighted by molar-refractivity contribution is 7.99. The molecule has 2 aromatic heterocycles. The summed E-state index contributed by atoms with van der Waals surface area (Å²) < 4.78 is 5.22. The Hall–Kier alpha value is -2.85. The maximum Gasteiger partial charge on any atom is 0.226 e. The number of methoxy groups -OCH3 is 1. The van der Waals surface area contributed by atoms with Crippen molar-refractivity contribution in [2.75, 3.05) is 29.6 Å². The first kappa shape index (κ1) is 18.9. The van der Waals surface area contributed by atoms with E-state index >= 15 is 0 Å². The smallest absolute Gasteiger partial charge is 0.226 e. The van der Waals surface area contributed by atoms with Gasteiger partial charge in [-0.15, -0.1) is 11.3 Å². The van der Waals surface area contributed by atoms with Crippen molar-refractivity contribution in [3.05, 3.63) is 35.7 Å². The summed E-state index contributed by atoms with van der Waals surface area (Å²) in [5, 5.41) is 5.70. The minimum atomic E-state index is -0.133. The molecule has 0 atom stereocenters. The third kappa shape index (κ3) is 5.31. The molecule has 10 heteroatoms. The van der Waals surface area contributed by atoms with Crippen LogP contribution in [-0.2, 0) is 4.79 Å². The summed E-state index contributed by atoms with van der Waals surface area (Å²) in [5.74, 6) is 1.74. The number of carbonyl (C=O) groups excluding carboxylic acids is 1. The molecule has 0 unspecified atom stereocenters. The van der Waals surface area contributed by atoms with Crippen LogP contribution in [0.5, 0.6) is 5.75 Å². The van der Waals surface area contributed by atoms with Gasteiger partial charge in [0.15, 0.2) is 10.3 Å². The topological polar surface area (TPSA) is 129 Å². The molecule has 140 valence electrons. The van der Waals surface area contributed by atoms with Crippen molar-refractivity contribution in [1.82, 2.24) is 15.0 Å². The van der Waals surface area contributed by atoms with E-state index in [0.717, 1.165) is 17.0 Å². The molecule has 3 rings (SSSR count). The van der Waals surface area contributed by atoms with Crippen molar-refractivity contribution in [2.45, 2.75) is 11.6 Å². The van der Waals surface area contributed by atoms with Gasteiger partial charge in [0.05, 0.1) is 12.8 Å². The van der Waals surface area contributed by atoms with Gasteiger partial charge in [-0.05, 0) is 12.1 Å². The normalized spacial score (nSPS) is 10.6. The first-order chi connectivity index (χ1) is 13.0. The summed E-state index contributed by atoms with van der Waals surface area (Å²) >= 11 is 2.69. The number of nitrogens with zero attached hydrogens (tertiary/aromatic N) is 3. The molecule has 2 heterocycles. The second-order valence-corrected chi connectivity index (χ2v) is 7.34. The van der Waals surface area contributed by atoms with Crippen LogP contribution < -0.4 is 21.5 Å². The highest BCUT2D eigenvalue weighted by atomic mass is 32.2. The van der Waals surface area contributed by atoms with Gasteiger partial charge in [0.2, 0.25) is 5.91 Å². The molecule has 5 N–H and O–H groups in total. The molecule has 0 radical (unpaired) electrons. The van der Waals surface area contributed by atoms with Crippen LogP contribution in [0.1, 0.15) is 6.42 Å². The Kier molecular flexibility index (Phi) is 6.09. The van der Waals surface area contributed by atoms with Crippen molar-refractivity contribution < 1.29 is 9.53 Å². The molecule has 0 aliphatic rings. The summed E-state index contributed by atoms with van der Waals surface area (Å²) in [6.45, 7) is 0. The lowest BCUT2D eigenvalue weighted by molar-refractivity contribution is -0.115. The second-order valence-electron chi connectivity index (χ2n) is 5.42. The van der Waals surface area contributed by atoms with Gasteiger partial charge in [0.1, 0.15) is 17.4 Å². The number of aromatic nitrogens is 3. The average Bonchev–Trinajstić information content (AvgIpc) is 3.09. The Morgan fingerprint density at radius 1 is 1.22 bits per heavy atom. The summed E-state index contributed by atoms with van der Waals surface area (Å²) in [7, 11) is 1.62. The molecule has 0 bridgehead atoms. The minimum absolute atomic E-state index is 0.133. The fraction of sp³-hybridized carbons (Fsp3) is 0.176. The molecular formula is C17H18N6O2S2. The van der Waals surface area contributed by atoms with Gasteiger partial charge in [0.25, 0.3) is 0 Å². The van der Waals surface area contributed by atoms with Crippen molar-refractivity contribution in [3.8, 4) is 17.0 Å². The third-order valence-corrected chi connectivity index (χ3v) is 5.03. The zero-order chi connectivity index (χ0) is 19.2. The Morgan fingerprint density at radius 3 is 2.74 bits per heavy atom. The van der Waals surface area contributed by atoms with Gasteiger partial charge in [-0.3, -0.25) is 4.79 Å². The van der Waals surface area contributed by atoms with E-state index in [9.17, 15) is 4.79 Å². The number of benzene rings is 1. The average molecular weight is 403 g/mol. The van der Waals surface area contributed by atoms with Crippen molar-refractivity contribution in [3.63, 3.8) is 0 Å². The fourth-order valence-electron chi connectivity index (χ4n) is 2.19. The molecule has 0 spiro atoms.